The molecule has 3 aromatic rings. The molecule has 2 aromatic heterocycles. The van der Waals surface area contributed by atoms with Gasteiger partial charge in [-0.1, -0.05) is 30.2 Å². The molecule has 0 saturated heterocycles. The van der Waals surface area contributed by atoms with Crippen molar-refractivity contribution in [2.45, 2.75) is 6.92 Å². The smallest absolute Gasteiger partial charge is 0.257 e. The molecule has 0 fully saturated rings. The van der Waals surface area contributed by atoms with Gasteiger partial charge in [-0.05, 0) is 125 Å². The SMILES string of the molecule is C#CC#CC#CC#CC#CC#CC#CC#CC.O.O=C(Nc1ccccc1)c1cncc(-c2cccnc2)c1.[HH].[HH].[HH].[HH].[N-]=[N+]=N. The van der Waals surface area contributed by atoms with Crippen LogP contribution in [-0.2, 0) is 0 Å². The Morgan fingerprint density at radius 1 is 0.810 bits per heavy atom. The van der Waals surface area contributed by atoms with Crippen molar-refractivity contribution in [1.82, 2.24) is 9.97 Å². The largest absolute Gasteiger partial charge is 0.412 e. The summed E-state index contributed by atoms with van der Waals surface area (Å²) in [5, 5.41) is 2.84. The third-order valence-corrected chi connectivity index (χ3v) is 3.97. The van der Waals surface area contributed by atoms with E-state index in [1.165, 1.54) is 0 Å². The van der Waals surface area contributed by atoms with Crippen LogP contribution in [0.1, 0.15) is 23.0 Å². The van der Waals surface area contributed by atoms with Gasteiger partial charge in [-0.15, -0.1) is 12.0 Å². The van der Waals surface area contributed by atoms with Crippen molar-refractivity contribution < 1.29 is 16.0 Å². The number of benzene rings is 1. The molecule has 1 aromatic carbocycles. The number of nitrogens with zero attached hydrogens (tertiary/aromatic N) is 4. The molecule has 0 saturated carbocycles. The fourth-order valence-electron chi connectivity index (χ4n) is 2.42. The monoisotopic (exact) mass is 552 g/mol. The summed E-state index contributed by atoms with van der Waals surface area (Å²) in [7, 11) is 0. The number of nitrogens with one attached hydrogen (secondary N) is 2. The third kappa shape index (κ3) is 16.5. The molecular formula is C34H28N6O2. The van der Waals surface area contributed by atoms with E-state index in [2.05, 4.69) is 104 Å². The van der Waals surface area contributed by atoms with Gasteiger partial charge in [0.25, 0.3) is 5.91 Å². The van der Waals surface area contributed by atoms with Crippen molar-refractivity contribution in [2.24, 2.45) is 0 Å². The maximum absolute atomic E-state index is 12.2. The number of rotatable bonds is 3. The predicted molar refractivity (Wildman–Crippen MR) is 172 cm³/mol. The molecule has 0 atom stereocenters. The van der Waals surface area contributed by atoms with E-state index in [1.807, 2.05) is 48.5 Å². The van der Waals surface area contributed by atoms with Crippen LogP contribution in [0.25, 0.3) is 21.6 Å². The molecule has 0 aliphatic heterocycles. The Hall–Kier alpha value is -7.26. The summed E-state index contributed by atoms with van der Waals surface area (Å²) in [6.07, 6.45) is 11.6. The lowest BCUT2D eigenvalue weighted by Crippen LogP contribution is -2.12. The minimum absolute atomic E-state index is 0. The van der Waals surface area contributed by atoms with E-state index in [0.717, 1.165) is 16.8 Å². The van der Waals surface area contributed by atoms with Crippen LogP contribution in [0, 0.1) is 101 Å². The van der Waals surface area contributed by atoms with E-state index < -0.39 is 0 Å². The van der Waals surface area contributed by atoms with Crippen LogP contribution in [0.2, 0.25) is 0 Å². The first-order valence-corrected chi connectivity index (χ1v) is 11.3. The van der Waals surface area contributed by atoms with Crippen molar-refractivity contribution in [1.29, 1.82) is 5.53 Å². The van der Waals surface area contributed by atoms with Crippen LogP contribution >= 0.6 is 0 Å². The Bertz CT molecular complexity index is 1880. The number of hydrogen-bond acceptors (Lipinski definition) is 4. The van der Waals surface area contributed by atoms with Gasteiger partial charge in [-0.25, -0.2) is 0 Å². The van der Waals surface area contributed by atoms with Crippen LogP contribution in [0.4, 0.5) is 5.69 Å². The van der Waals surface area contributed by atoms with Crippen LogP contribution in [0.5, 0.6) is 0 Å². The minimum Gasteiger partial charge on any atom is -0.412 e. The van der Waals surface area contributed by atoms with Crippen LogP contribution in [-0.4, -0.2) is 21.4 Å². The Morgan fingerprint density at radius 2 is 1.33 bits per heavy atom. The van der Waals surface area contributed by atoms with Crippen molar-refractivity contribution in [3.8, 4) is 106 Å². The first-order chi connectivity index (χ1) is 20.2. The van der Waals surface area contributed by atoms with E-state index in [0.29, 0.717) is 5.56 Å². The number of terminal acetylenes is 1. The summed E-state index contributed by atoms with van der Waals surface area (Å²) in [5.41, 5.74) is 15.3. The van der Waals surface area contributed by atoms with Crippen molar-refractivity contribution in [3.63, 3.8) is 0 Å². The highest BCUT2D eigenvalue weighted by atomic mass is 16.1. The van der Waals surface area contributed by atoms with Gasteiger partial charge in [-0.2, -0.15) is 0 Å². The molecule has 0 bridgehead atoms. The molecule has 8 nitrogen and oxygen atoms in total. The maximum Gasteiger partial charge on any atom is 0.257 e. The molecule has 0 spiro atoms. The molecule has 3 rings (SSSR count). The maximum atomic E-state index is 12.2. The molecular weight excluding hydrogens is 524 g/mol. The van der Waals surface area contributed by atoms with Crippen LogP contribution in [0.3, 0.4) is 0 Å². The van der Waals surface area contributed by atoms with E-state index in [4.69, 9.17) is 17.5 Å². The van der Waals surface area contributed by atoms with E-state index in [-0.39, 0.29) is 17.1 Å². The van der Waals surface area contributed by atoms with Gasteiger partial charge in [0.1, 0.15) is 0 Å². The Kier molecular flexibility index (Phi) is 19.9. The molecule has 4 N–H and O–H groups in total. The lowest BCUT2D eigenvalue weighted by atomic mass is 10.1. The number of amides is 1. The molecule has 2 heterocycles. The summed E-state index contributed by atoms with van der Waals surface area (Å²) >= 11 is 0. The topological polar surface area (TPSA) is 147 Å². The summed E-state index contributed by atoms with van der Waals surface area (Å²) in [6, 6.07) is 14.9. The lowest BCUT2D eigenvalue weighted by Gasteiger charge is -2.06. The molecule has 206 valence electrons. The van der Waals surface area contributed by atoms with Gasteiger partial charge in [0, 0.05) is 47.3 Å². The number of para-hydroxylation sites is 1. The fraction of sp³-hybridized carbons (Fsp3) is 0.0294. The minimum atomic E-state index is -0.181. The second-order valence-corrected chi connectivity index (χ2v) is 6.64. The first kappa shape index (κ1) is 34.7. The summed E-state index contributed by atoms with van der Waals surface area (Å²) < 4.78 is 0. The van der Waals surface area contributed by atoms with Crippen molar-refractivity contribution >= 4 is 11.6 Å². The van der Waals surface area contributed by atoms with Gasteiger partial charge >= 0.3 is 0 Å². The molecule has 0 aliphatic carbocycles. The van der Waals surface area contributed by atoms with Crippen LogP contribution < -0.4 is 5.32 Å². The van der Waals surface area contributed by atoms with Gasteiger partial charge in [0.2, 0.25) is 0 Å². The Balaban J connectivity index is -0.000000207. The second kappa shape index (κ2) is 24.1. The first-order valence-electron chi connectivity index (χ1n) is 11.3. The summed E-state index contributed by atoms with van der Waals surface area (Å²) in [4.78, 5) is 22.2. The van der Waals surface area contributed by atoms with Gasteiger partial charge in [-0.3, -0.25) is 14.8 Å². The average molecular weight is 553 g/mol. The normalized spacial score (nSPS) is 6.76. The molecule has 8 heteroatoms. The Labute approximate surface area is 251 Å². The Morgan fingerprint density at radius 3 is 1.83 bits per heavy atom. The van der Waals surface area contributed by atoms with Crippen LogP contribution in [0.15, 0.2) is 73.3 Å². The van der Waals surface area contributed by atoms with Gasteiger partial charge < -0.3 is 10.8 Å². The zero-order valence-corrected chi connectivity index (χ0v) is 22.2. The van der Waals surface area contributed by atoms with Crippen molar-refractivity contribution in [2.75, 3.05) is 5.32 Å². The number of hydrogen-bond donors (Lipinski definition) is 2. The fourth-order valence-corrected chi connectivity index (χ4v) is 2.42. The van der Waals surface area contributed by atoms with E-state index in [1.54, 1.807) is 36.6 Å². The van der Waals surface area contributed by atoms with Gasteiger partial charge in [0.05, 0.1) is 5.56 Å². The number of anilines is 1. The summed E-state index contributed by atoms with van der Waals surface area (Å²) in [5.74, 6) is 36.7. The lowest BCUT2D eigenvalue weighted by molar-refractivity contribution is 0.102. The standard InChI is InChI=1S/C17H13N3O.C17H4.HN3.H2O.4H2/c21-17(20-16-6-2-1-3-7-16)15-9-14(11-19-12-15)13-5-4-8-18-10-13;1-3-5-7-9-11-13-15-17-16-14-12-10-8-6-4-2;1-3-2;;;;;/h1-12H,(H,20,21);1H,2H3;1H;1H2;4*1H. The van der Waals surface area contributed by atoms with E-state index >= 15 is 0 Å². The molecule has 0 aliphatic rings. The highest BCUT2D eigenvalue weighted by molar-refractivity contribution is 6.04. The molecule has 1 amide bonds. The van der Waals surface area contributed by atoms with Crippen molar-refractivity contribution in [3.05, 3.63) is 89.3 Å². The predicted octanol–water partition coefficient (Wildman–Crippen LogP) is 5.09. The highest BCUT2D eigenvalue weighted by Crippen LogP contribution is 2.18. The number of carbonyl (C=O) groups is 1. The summed E-state index contributed by atoms with van der Waals surface area (Å²) in [6.45, 7) is 1.70. The average Bonchev–Trinajstić information content (AvgIpc) is 3.01. The number of carbonyl (C=O) groups excluding carboxylic acids is 1. The zero-order chi connectivity index (χ0) is 29.8. The van der Waals surface area contributed by atoms with Gasteiger partial charge in [0.15, 0.2) is 0 Å². The van der Waals surface area contributed by atoms with E-state index in [9.17, 15) is 4.79 Å². The molecule has 0 unspecified atom stereocenters. The molecule has 42 heavy (non-hydrogen) atoms. The second-order valence-electron chi connectivity index (χ2n) is 6.64. The zero-order valence-electron chi connectivity index (χ0n) is 22.2. The number of pyridine rings is 2. The third-order valence-electron chi connectivity index (χ3n) is 3.97. The quantitative estimate of drug-likeness (QED) is 0.202. The highest BCUT2D eigenvalue weighted by Gasteiger charge is 2.08. The number of aromatic nitrogens is 2. The molecule has 0 radical (unpaired) electrons.